The number of benzene rings is 1. The smallest absolute Gasteiger partial charge is 0.369 e. The fraction of sp³-hybridized carbons (Fsp3) is 0.353. The molecule has 2 aromatic rings. The molecule has 0 radical (unpaired) electrons. The number of nitroso groups, excluding NO2 is 1. The third kappa shape index (κ3) is 4.23. The van der Waals surface area contributed by atoms with Crippen LogP contribution in [0.3, 0.4) is 0 Å². The van der Waals surface area contributed by atoms with Crippen LogP contribution in [0.5, 0.6) is 0 Å². The van der Waals surface area contributed by atoms with E-state index in [-0.39, 0.29) is 19.7 Å². The Morgan fingerprint density at radius 1 is 1.17 bits per heavy atom. The summed E-state index contributed by atoms with van der Waals surface area (Å²) in [6, 6.07) is 6.25. The van der Waals surface area contributed by atoms with Gasteiger partial charge in [-0.25, -0.2) is 8.42 Å². The zero-order valence-electron chi connectivity index (χ0n) is 14.9. The van der Waals surface area contributed by atoms with E-state index < -0.39 is 45.2 Å². The van der Waals surface area contributed by atoms with Crippen molar-refractivity contribution in [1.82, 2.24) is 8.87 Å². The molecule has 1 aromatic carbocycles. The molecule has 1 aromatic heterocycles. The summed E-state index contributed by atoms with van der Waals surface area (Å²) in [6.07, 6.45) is -3.15. The number of rotatable bonds is 6. The highest BCUT2D eigenvalue weighted by molar-refractivity contribution is 7.89. The van der Waals surface area contributed by atoms with E-state index in [4.69, 9.17) is 4.74 Å². The summed E-state index contributed by atoms with van der Waals surface area (Å²) in [7, 11) is -4.55. The van der Waals surface area contributed by atoms with Gasteiger partial charge in [-0.1, -0.05) is 12.1 Å². The summed E-state index contributed by atoms with van der Waals surface area (Å²) in [5.74, 6) is -1.08. The summed E-state index contributed by atoms with van der Waals surface area (Å²) in [4.78, 5) is 20.4. The average Bonchev–Trinajstić information content (AvgIpc) is 3.16. The van der Waals surface area contributed by atoms with Crippen molar-refractivity contribution in [1.29, 1.82) is 0 Å². The quantitative estimate of drug-likeness (QED) is 0.655. The van der Waals surface area contributed by atoms with E-state index in [1.807, 2.05) is 0 Å². The predicted octanol–water partition coefficient (Wildman–Crippen LogP) is 2.56. The van der Waals surface area contributed by atoms with Gasteiger partial charge in [0.2, 0.25) is 10.0 Å². The van der Waals surface area contributed by atoms with Crippen molar-refractivity contribution >= 4 is 15.9 Å². The number of carbonyl (C=O) groups excluding carboxylic acids is 1. The normalized spacial score (nSPS) is 17.7. The number of aromatic nitrogens is 1. The Hall–Kier alpha value is -2.57. The van der Waals surface area contributed by atoms with Crippen molar-refractivity contribution < 1.29 is 31.1 Å². The van der Waals surface area contributed by atoms with Gasteiger partial charge in [0.25, 0.3) is 0 Å². The minimum absolute atomic E-state index is 0.0931. The second-order valence-corrected chi connectivity index (χ2v) is 8.11. The maximum atomic E-state index is 13.4. The molecule has 1 unspecified atom stereocenters. The number of amides is 1. The van der Waals surface area contributed by atoms with Crippen molar-refractivity contribution in [2.45, 2.75) is 23.7 Å². The fourth-order valence-electron chi connectivity index (χ4n) is 3.24. The second kappa shape index (κ2) is 8.05. The molecule has 8 nitrogen and oxygen atoms in total. The first-order chi connectivity index (χ1) is 13.7. The van der Waals surface area contributed by atoms with Gasteiger partial charge in [-0.05, 0) is 24.3 Å². The Labute approximate surface area is 163 Å². The number of hydrogen-bond acceptors (Lipinski definition) is 5. The van der Waals surface area contributed by atoms with Crippen molar-refractivity contribution in [3.63, 3.8) is 0 Å². The van der Waals surface area contributed by atoms with Crippen molar-refractivity contribution in [3.8, 4) is 0 Å². The van der Waals surface area contributed by atoms with E-state index in [2.05, 4.69) is 5.18 Å². The zero-order chi connectivity index (χ0) is 21.2. The molecule has 0 N–H and O–H groups in total. The Kier molecular flexibility index (Phi) is 5.87. The highest BCUT2D eigenvalue weighted by Gasteiger charge is 2.42. The number of carbonyl (C=O) groups is 1. The zero-order valence-corrected chi connectivity index (χ0v) is 15.7. The lowest BCUT2D eigenvalue weighted by Gasteiger charge is -2.36. The van der Waals surface area contributed by atoms with E-state index in [9.17, 15) is 31.3 Å². The van der Waals surface area contributed by atoms with Gasteiger partial charge in [-0.15, -0.1) is 4.91 Å². The summed E-state index contributed by atoms with van der Waals surface area (Å²) < 4.78 is 74.3. The largest absolute Gasteiger partial charge is 0.417 e. The lowest BCUT2D eigenvalue weighted by molar-refractivity contribution is -0.140. The summed E-state index contributed by atoms with van der Waals surface area (Å²) in [6.45, 7) is -0.850. The topological polar surface area (TPSA) is 98.0 Å². The molecular formula is C17H16F3N3O5S. The first-order valence-electron chi connectivity index (χ1n) is 8.43. The number of ether oxygens (including phenoxy) is 1. The molecule has 29 heavy (non-hydrogen) atoms. The van der Waals surface area contributed by atoms with Crippen molar-refractivity contribution in [2.75, 3.05) is 19.8 Å². The second-order valence-electron chi connectivity index (χ2n) is 6.25. The molecule has 12 heteroatoms. The van der Waals surface area contributed by atoms with Gasteiger partial charge in [0, 0.05) is 30.2 Å². The molecule has 3 rings (SSSR count). The van der Waals surface area contributed by atoms with Crippen LogP contribution in [-0.4, -0.2) is 43.0 Å². The van der Waals surface area contributed by atoms with Gasteiger partial charge in [-0.2, -0.15) is 17.5 Å². The van der Waals surface area contributed by atoms with E-state index in [1.54, 1.807) is 22.9 Å². The monoisotopic (exact) mass is 431 g/mol. The van der Waals surface area contributed by atoms with Crippen LogP contribution < -0.4 is 0 Å². The van der Waals surface area contributed by atoms with Crippen molar-refractivity contribution in [2.24, 2.45) is 5.18 Å². The molecule has 0 aliphatic carbocycles. The van der Waals surface area contributed by atoms with Crippen LogP contribution in [0.1, 0.15) is 17.3 Å². The number of hydrogen-bond donors (Lipinski definition) is 0. The van der Waals surface area contributed by atoms with Gasteiger partial charge >= 0.3 is 12.1 Å². The van der Waals surface area contributed by atoms with Crippen LogP contribution in [-0.2, 0) is 32.3 Å². The van der Waals surface area contributed by atoms with Crippen LogP contribution in [0.25, 0.3) is 0 Å². The highest BCUT2D eigenvalue weighted by Crippen LogP contribution is 2.38. The van der Waals surface area contributed by atoms with E-state index >= 15 is 0 Å². The first kappa shape index (κ1) is 21.1. The molecule has 156 valence electrons. The number of fused-ring (bicyclic) bond motifs is 1. The Morgan fingerprint density at radius 2 is 1.90 bits per heavy atom. The first-order valence-corrected chi connectivity index (χ1v) is 9.87. The predicted molar refractivity (Wildman–Crippen MR) is 94.1 cm³/mol. The summed E-state index contributed by atoms with van der Waals surface area (Å²) in [5.41, 5.74) is -0.767. The van der Waals surface area contributed by atoms with E-state index in [1.165, 1.54) is 6.07 Å². The van der Waals surface area contributed by atoms with Crippen LogP contribution >= 0.6 is 0 Å². The molecule has 0 bridgehead atoms. The molecule has 0 saturated carbocycles. The van der Waals surface area contributed by atoms with Crippen molar-refractivity contribution in [3.05, 3.63) is 58.8 Å². The fourth-order valence-corrected chi connectivity index (χ4v) is 5.03. The van der Waals surface area contributed by atoms with Crippen LogP contribution in [0.2, 0.25) is 0 Å². The number of alkyl halides is 3. The molecule has 1 aliphatic heterocycles. The Morgan fingerprint density at radius 3 is 2.59 bits per heavy atom. The number of halogens is 3. The van der Waals surface area contributed by atoms with E-state index in [0.29, 0.717) is 11.8 Å². The maximum Gasteiger partial charge on any atom is 0.417 e. The van der Waals surface area contributed by atoms with Crippen LogP contribution in [0.15, 0.2) is 52.7 Å². The Bertz CT molecular complexity index is 1020. The highest BCUT2D eigenvalue weighted by atomic mass is 32.2. The van der Waals surface area contributed by atoms with Gasteiger partial charge in [0.1, 0.15) is 6.61 Å². The Balaban J connectivity index is 1.99. The third-order valence-corrected chi connectivity index (χ3v) is 6.46. The average molecular weight is 431 g/mol. The maximum absolute atomic E-state index is 13.4. The standard InChI is InChI=1S/C17H16F3N3O5S/c18-17(19,20)12-4-1-2-6-15(12)29(26,27)23-9-8-22-7-3-5-13(22)14(23)10-28-11-16(24)21-25/h1-7,14H,8-11H2. The number of sulfonamides is 1. The van der Waals surface area contributed by atoms with Crippen LogP contribution in [0, 0.1) is 4.91 Å². The molecule has 0 spiro atoms. The molecule has 0 saturated heterocycles. The number of nitrogens with zero attached hydrogens (tertiary/aromatic N) is 3. The minimum Gasteiger partial charge on any atom is -0.369 e. The van der Waals surface area contributed by atoms with Gasteiger partial charge in [-0.3, -0.25) is 4.79 Å². The lowest BCUT2D eigenvalue weighted by Crippen LogP contribution is -2.44. The molecule has 2 heterocycles. The molecule has 1 amide bonds. The molecule has 0 fully saturated rings. The lowest BCUT2D eigenvalue weighted by atomic mass is 10.2. The molecule has 1 aliphatic rings. The van der Waals surface area contributed by atoms with E-state index in [0.717, 1.165) is 16.4 Å². The summed E-state index contributed by atoms with van der Waals surface area (Å²) in [5, 5.41) is 2.18. The van der Waals surface area contributed by atoms with Gasteiger partial charge in [0.15, 0.2) is 0 Å². The van der Waals surface area contributed by atoms with Crippen LogP contribution in [0.4, 0.5) is 13.2 Å². The molecule has 1 atom stereocenters. The molecular weight excluding hydrogens is 415 g/mol. The van der Waals surface area contributed by atoms with Gasteiger partial charge < -0.3 is 9.30 Å². The minimum atomic E-state index is -4.85. The van der Waals surface area contributed by atoms with Gasteiger partial charge in [0.05, 0.1) is 23.1 Å². The SMILES string of the molecule is O=NC(=O)COCC1c2cccn2CCN1S(=O)(=O)c1ccccc1C(F)(F)F. The summed E-state index contributed by atoms with van der Waals surface area (Å²) >= 11 is 0. The third-order valence-electron chi connectivity index (χ3n) is 4.50.